The zero-order valence-electron chi connectivity index (χ0n) is 15.7. The molecule has 0 spiro atoms. The van der Waals surface area contributed by atoms with Crippen molar-refractivity contribution in [1.29, 1.82) is 0 Å². The molecule has 3 rings (SSSR count). The van der Waals surface area contributed by atoms with Gasteiger partial charge in [-0.15, -0.1) is 0 Å². The lowest BCUT2D eigenvalue weighted by Gasteiger charge is -2.32. The molecule has 1 saturated heterocycles. The van der Waals surface area contributed by atoms with Crippen LogP contribution in [0.3, 0.4) is 0 Å². The Bertz CT molecular complexity index is 838. The van der Waals surface area contributed by atoms with E-state index in [9.17, 15) is 14.5 Å². The summed E-state index contributed by atoms with van der Waals surface area (Å²) in [4.78, 5) is 10.4. The van der Waals surface area contributed by atoms with Gasteiger partial charge < -0.3 is 14.0 Å². The van der Waals surface area contributed by atoms with Gasteiger partial charge in [0.1, 0.15) is 23.7 Å². The van der Waals surface area contributed by atoms with Crippen LogP contribution in [0.25, 0.3) is 0 Å². The molecule has 1 aliphatic heterocycles. The topological polar surface area (TPSA) is 70.8 Å². The van der Waals surface area contributed by atoms with Crippen molar-refractivity contribution in [2.24, 2.45) is 0 Å². The lowest BCUT2D eigenvalue weighted by atomic mass is 9.79. The fourth-order valence-corrected chi connectivity index (χ4v) is 2.72. The first-order valence-electron chi connectivity index (χ1n) is 8.61. The summed E-state index contributed by atoms with van der Waals surface area (Å²) in [6, 6.07) is 10.7. The number of nitro groups is 1. The van der Waals surface area contributed by atoms with Gasteiger partial charge in [-0.3, -0.25) is 10.1 Å². The molecule has 0 saturated carbocycles. The van der Waals surface area contributed by atoms with Crippen LogP contribution in [0, 0.1) is 15.9 Å². The normalized spacial score (nSPS) is 17.7. The first-order valence-corrected chi connectivity index (χ1v) is 8.61. The average molecular weight is 373 g/mol. The van der Waals surface area contributed by atoms with E-state index in [1.807, 2.05) is 27.7 Å². The molecule has 0 aliphatic carbocycles. The molecular formula is C19H21BFNO5. The summed E-state index contributed by atoms with van der Waals surface area (Å²) in [6.45, 7) is 7.67. The molecule has 0 atom stereocenters. The number of halogens is 1. The molecule has 0 unspecified atom stereocenters. The standard InChI is InChI=1S/C19H21BFNO5/c1-18(2)19(3,4)27-20(26-18)13-8-10-14(11-9-13)25-12-15-16(21)6-5-7-17(15)22(23)24/h5-11H,12H2,1-4H3. The van der Waals surface area contributed by atoms with Gasteiger partial charge in [-0.1, -0.05) is 18.2 Å². The van der Waals surface area contributed by atoms with Crippen LogP contribution in [0.5, 0.6) is 5.75 Å². The second-order valence-electron chi connectivity index (χ2n) is 7.44. The van der Waals surface area contributed by atoms with E-state index in [1.165, 1.54) is 18.2 Å². The van der Waals surface area contributed by atoms with Crippen molar-refractivity contribution >= 4 is 18.3 Å². The lowest BCUT2D eigenvalue weighted by molar-refractivity contribution is -0.386. The molecule has 0 bridgehead atoms. The maximum Gasteiger partial charge on any atom is 0.494 e. The molecule has 0 aromatic heterocycles. The fourth-order valence-electron chi connectivity index (χ4n) is 2.72. The molecule has 2 aromatic carbocycles. The fraction of sp³-hybridized carbons (Fsp3) is 0.368. The van der Waals surface area contributed by atoms with E-state index in [4.69, 9.17) is 14.0 Å². The van der Waals surface area contributed by atoms with E-state index in [0.29, 0.717) is 5.75 Å². The SMILES string of the molecule is CC1(C)OB(c2ccc(OCc3c(F)cccc3[N+](=O)[O-])cc2)OC1(C)C. The van der Waals surface area contributed by atoms with Gasteiger partial charge in [0.25, 0.3) is 5.69 Å². The maximum atomic E-state index is 13.9. The molecule has 1 aliphatic rings. The summed E-state index contributed by atoms with van der Waals surface area (Å²) in [5, 5.41) is 11.0. The Morgan fingerprint density at radius 2 is 1.67 bits per heavy atom. The number of rotatable bonds is 5. The number of benzene rings is 2. The van der Waals surface area contributed by atoms with Crippen molar-refractivity contribution in [2.75, 3.05) is 0 Å². The smallest absolute Gasteiger partial charge is 0.489 e. The van der Waals surface area contributed by atoms with Gasteiger partial charge in [0.15, 0.2) is 0 Å². The van der Waals surface area contributed by atoms with Crippen LogP contribution < -0.4 is 10.2 Å². The molecule has 27 heavy (non-hydrogen) atoms. The minimum absolute atomic E-state index is 0.0856. The monoisotopic (exact) mass is 373 g/mol. The first-order chi connectivity index (χ1) is 12.6. The highest BCUT2D eigenvalue weighted by Gasteiger charge is 2.51. The number of hydrogen-bond acceptors (Lipinski definition) is 5. The molecule has 1 fully saturated rings. The predicted octanol–water partition coefficient (Wildman–Crippen LogP) is 3.61. The van der Waals surface area contributed by atoms with Crippen LogP contribution in [0.4, 0.5) is 10.1 Å². The molecule has 0 radical (unpaired) electrons. The Labute approximate surface area is 157 Å². The van der Waals surface area contributed by atoms with Gasteiger partial charge in [0.05, 0.1) is 16.1 Å². The van der Waals surface area contributed by atoms with Crippen LogP contribution in [-0.4, -0.2) is 23.2 Å². The predicted molar refractivity (Wildman–Crippen MR) is 99.5 cm³/mol. The summed E-state index contributed by atoms with van der Waals surface area (Å²) in [5.41, 5.74) is -0.424. The van der Waals surface area contributed by atoms with Crippen LogP contribution >= 0.6 is 0 Å². The summed E-state index contributed by atoms with van der Waals surface area (Å²) >= 11 is 0. The van der Waals surface area contributed by atoms with Gasteiger partial charge in [0.2, 0.25) is 0 Å². The Hall–Kier alpha value is -2.45. The molecule has 8 heteroatoms. The van der Waals surface area contributed by atoms with E-state index < -0.39 is 29.1 Å². The second kappa shape index (κ2) is 6.94. The minimum Gasteiger partial charge on any atom is -0.489 e. The Morgan fingerprint density at radius 1 is 1.07 bits per heavy atom. The van der Waals surface area contributed by atoms with Crippen molar-refractivity contribution < 1.29 is 23.4 Å². The van der Waals surface area contributed by atoms with Crippen molar-refractivity contribution in [3.63, 3.8) is 0 Å². The number of nitrogens with zero attached hydrogens (tertiary/aromatic N) is 1. The van der Waals surface area contributed by atoms with E-state index in [2.05, 4.69) is 0 Å². The highest BCUT2D eigenvalue weighted by Crippen LogP contribution is 2.36. The van der Waals surface area contributed by atoms with E-state index in [-0.39, 0.29) is 17.9 Å². The third kappa shape index (κ3) is 3.82. The Balaban J connectivity index is 1.70. The second-order valence-corrected chi connectivity index (χ2v) is 7.44. The number of ether oxygens (including phenoxy) is 1. The zero-order chi connectivity index (χ0) is 19.8. The highest BCUT2D eigenvalue weighted by atomic mass is 19.1. The summed E-state index contributed by atoms with van der Waals surface area (Å²) in [5.74, 6) is -0.203. The molecule has 6 nitrogen and oxygen atoms in total. The molecule has 1 heterocycles. The van der Waals surface area contributed by atoms with Crippen LogP contribution in [0.15, 0.2) is 42.5 Å². The van der Waals surface area contributed by atoms with Crippen molar-refractivity contribution in [1.82, 2.24) is 0 Å². The zero-order valence-corrected chi connectivity index (χ0v) is 15.7. The highest BCUT2D eigenvalue weighted by molar-refractivity contribution is 6.62. The number of nitro benzene ring substituents is 1. The Morgan fingerprint density at radius 3 is 2.22 bits per heavy atom. The average Bonchev–Trinajstić information content (AvgIpc) is 2.81. The molecular weight excluding hydrogens is 352 g/mol. The summed E-state index contributed by atoms with van der Waals surface area (Å²) in [7, 11) is -0.489. The maximum absolute atomic E-state index is 13.9. The van der Waals surface area contributed by atoms with Gasteiger partial charge >= 0.3 is 7.12 Å². The lowest BCUT2D eigenvalue weighted by Crippen LogP contribution is -2.41. The van der Waals surface area contributed by atoms with Gasteiger partial charge in [-0.25, -0.2) is 4.39 Å². The Kier molecular flexibility index (Phi) is 4.97. The molecule has 0 N–H and O–H groups in total. The van der Waals surface area contributed by atoms with Crippen molar-refractivity contribution in [3.05, 3.63) is 64.0 Å². The van der Waals surface area contributed by atoms with Gasteiger partial charge in [-0.05, 0) is 51.4 Å². The van der Waals surface area contributed by atoms with Crippen molar-refractivity contribution in [2.45, 2.75) is 45.5 Å². The van der Waals surface area contributed by atoms with Crippen LogP contribution in [0.2, 0.25) is 0 Å². The van der Waals surface area contributed by atoms with Crippen molar-refractivity contribution in [3.8, 4) is 5.75 Å². The number of hydrogen-bond donors (Lipinski definition) is 0. The van der Waals surface area contributed by atoms with E-state index in [0.717, 1.165) is 5.46 Å². The van der Waals surface area contributed by atoms with Gasteiger partial charge in [-0.2, -0.15) is 0 Å². The molecule has 142 valence electrons. The molecule has 0 amide bonds. The summed E-state index contributed by atoms with van der Waals surface area (Å²) < 4.78 is 31.4. The van der Waals surface area contributed by atoms with E-state index in [1.54, 1.807) is 24.3 Å². The largest absolute Gasteiger partial charge is 0.494 e. The quantitative estimate of drug-likeness (QED) is 0.455. The summed E-state index contributed by atoms with van der Waals surface area (Å²) in [6.07, 6.45) is 0. The van der Waals surface area contributed by atoms with Crippen LogP contribution in [0.1, 0.15) is 33.3 Å². The van der Waals surface area contributed by atoms with Gasteiger partial charge in [0, 0.05) is 6.07 Å². The van der Waals surface area contributed by atoms with Crippen LogP contribution in [-0.2, 0) is 15.9 Å². The first kappa shape index (κ1) is 19.3. The third-order valence-corrected chi connectivity index (χ3v) is 5.08. The molecule has 2 aromatic rings. The van der Waals surface area contributed by atoms with E-state index >= 15 is 0 Å². The third-order valence-electron chi connectivity index (χ3n) is 5.08. The minimum atomic E-state index is -0.668.